The SMILES string of the molecule is CCCNCc1ccc(CN(C)c2ccc(C)cc2)cc1. The molecule has 1 N–H and O–H groups in total. The molecule has 0 saturated heterocycles. The highest BCUT2D eigenvalue weighted by Crippen LogP contribution is 2.16. The standard InChI is InChI=1S/C19H26N2/c1-4-13-20-14-17-7-9-18(10-8-17)15-21(3)19-11-5-16(2)6-12-19/h5-12,20H,4,13-15H2,1-3H3. The summed E-state index contributed by atoms with van der Waals surface area (Å²) in [6.45, 7) is 7.29. The molecule has 2 aromatic rings. The lowest BCUT2D eigenvalue weighted by atomic mass is 10.1. The van der Waals surface area contributed by atoms with Crippen LogP contribution >= 0.6 is 0 Å². The summed E-state index contributed by atoms with van der Waals surface area (Å²) in [4.78, 5) is 2.28. The van der Waals surface area contributed by atoms with Crippen molar-refractivity contribution in [3.05, 3.63) is 65.2 Å². The molecule has 0 aliphatic rings. The second-order valence-electron chi connectivity index (χ2n) is 5.68. The van der Waals surface area contributed by atoms with Gasteiger partial charge in [0.05, 0.1) is 0 Å². The Morgan fingerprint density at radius 1 is 0.905 bits per heavy atom. The summed E-state index contributed by atoms with van der Waals surface area (Å²) in [5.74, 6) is 0. The predicted octanol–water partition coefficient (Wildman–Crippen LogP) is 4.13. The van der Waals surface area contributed by atoms with Crippen LogP contribution in [0.5, 0.6) is 0 Å². The van der Waals surface area contributed by atoms with E-state index in [1.54, 1.807) is 0 Å². The zero-order valence-electron chi connectivity index (χ0n) is 13.4. The molecule has 0 spiro atoms. The minimum absolute atomic E-state index is 0.936. The molecule has 0 amide bonds. The Bertz CT molecular complexity index is 528. The highest BCUT2D eigenvalue weighted by molar-refractivity contribution is 5.47. The molecular formula is C19H26N2. The minimum atomic E-state index is 0.936. The molecule has 0 aliphatic heterocycles. The molecular weight excluding hydrogens is 256 g/mol. The van der Waals surface area contributed by atoms with Gasteiger partial charge in [-0.15, -0.1) is 0 Å². The summed E-state index contributed by atoms with van der Waals surface area (Å²) < 4.78 is 0. The van der Waals surface area contributed by atoms with Crippen LogP contribution in [-0.4, -0.2) is 13.6 Å². The number of aryl methyl sites for hydroxylation is 1. The van der Waals surface area contributed by atoms with E-state index in [2.05, 4.69) is 79.6 Å². The number of benzene rings is 2. The zero-order valence-corrected chi connectivity index (χ0v) is 13.4. The molecule has 0 aromatic heterocycles. The van der Waals surface area contributed by atoms with Gasteiger partial charge in [0.1, 0.15) is 0 Å². The molecule has 0 unspecified atom stereocenters. The van der Waals surface area contributed by atoms with Gasteiger partial charge >= 0.3 is 0 Å². The molecule has 0 heterocycles. The van der Waals surface area contributed by atoms with Crippen LogP contribution in [0.1, 0.15) is 30.0 Å². The van der Waals surface area contributed by atoms with Crippen molar-refractivity contribution >= 4 is 5.69 Å². The topological polar surface area (TPSA) is 15.3 Å². The molecule has 2 heteroatoms. The van der Waals surface area contributed by atoms with Crippen LogP contribution in [0.4, 0.5) is 5.69 Å². The largest absolute Gasteiger partial charge is 0.370 e. The third kappa shape index (κ3) is 4.91. The number of nitrogens with one attached hydrogen (secondary N) is 1. The first-order valence-corrected chi connectivity index (χ1v) is 7.75. The van der Waals surface area contributed by atoms with Crippen molar-refractivity contribution in [2.24, 2.45) is 0 Å². The number of anilines is 1. The van der Waals surface area contributed by atoms with Crippen molar-refractivity contribution in [1.82, 2.24) is 5.32 Å². The van der Waals surface area contributed by atoms with Crippen molar-refractivity contribution in [2.45, 2.75) is 33.4 Å². The Hall–Kier alpha value is -1.80. The van der Waals surface area contributed by atoms with E-state index in [0.717, 1.165) is 19.6 Å². The average Bonchev–Trinajstić information content (AvgIpc) is 2.50. The summed E-state index contributed by atoms with van der Waals surface area (Å²) in [5.41, 5.74) is 5.26. The third-order valence-corrected chi connectivity index (χ3v) is 3.67. The summed E-state index contributed by atoms with van der Waals surface area (Å²) in [5, 5.41) is 3.43. The Labute approximate surface area is 128 Å². The van der Waals surface area contributed by atoms with Gasteiger partial charge in [-0.05, 0) is 43.1 Å². The molecule has 0 radical (unpaired) electrons. The summed E-state index contributed by atoms with van der Waals surface area (Å²) >= 11 is 0. The molecule has 21 heavy (non-hydrogen) atoms. The van der Waals surface area contributed by atoms with E-state index < -0.39 is 0 Å². The highest BCUT2D eigenvalue weighted by atomic mass is 15.1. The average molecular weight is 282 g/mol. The summed E-state index contributed by atoms with van der Waals surface area (Å²) in [7, 11) is 2.14. The van der Waals surface area contributed by atoms with Gasteiger partial charge in [-0.2, -0.15) is 0 Å². The highest BCUT2D eigenvalue weighted by Gasteiger charge is 2.02. The molecule has 2 rings (SSSR count). The van der Waals surface area contributed by atoms with Crippen LogP contribution < -0.4 is 10.2 Å². The lowest BCUT2D eigenvalue weighted by molar-refractivity contribution is 0.675. The van der Waals surface area contributed by atoms with Gasteiger partial charge in [-0.1, -0.05) is 48.9 Å². The van der Waals surface area contributed by atoms with Crippen LogP contribution in [0, 0.1) is 6.92 Å². The molecule has 2 nitrogen and oxygen atoms in total. The van der Waals surface area contributed by atoms with Gasteiger partial charge in [0.25, 0.3) is 0 Å². The predicted molar refractivity (Wildman–Crippen MR) is 91.7 cm³/mol. The maximum absolute atomic E-state index is 3.43. The van der Waals surface area contributed by atoms with E-state index in [-0.39, 0.29) is 0 Å². The van der Waals surface area contributed by atoms with Crippen LogP contribution in [0.15, 0.2) is 48.5 Å². The molecule has 0 atom stereocenters. The maximum Gasteiger partial charge on any atom is 0.0426 e. The minimum Gasteiger partial charge on any atom is -0.370 e. The number of rotatable bonds is 7. The smallest absolute Gasteiger partial charge is 0.0426 e. The van der Waals surface area contributed by atoms with E-state index in [0.29, 0.717) is 0 Å². The van der Waals surface area contributed by atoms with E-state index in [9.17, 15) is 0 Å². The summed E-state index contributed by atoms with van der Waals surface area (Å²) in [6, 6.07) is 17.6. The van der Waals surface area contributed by atoms with Crippen molar-refractivity contribution < 1.29 is 0 Å². The monoisotopic (exact) mass is 282 g/mol. The van der Waals surface area contributed by atoms with Gasteiger partial charge in [-0.3, -0.25) is 0 Å². The van der Waals surface area contributed by atoms with Crippen molar-refractivity contribution in [3.8, 4) is 0 Å². The van der Waals surface area contributed by atoms with E-state index in [1.165, 1.54) is 28.8 Å². The molecule has 0 saturated carbocycles. The number of nitrogens with zero attached hydrogens (tertiary/aromatic N) is 1. The summed E-state index contributed by atoms with van der Waals surface area (Å²) in [6.07, 6.45) is 1.18. The second kappa shape index (κ2) is 7.84. The number of hydrogen-bond acceptors (Lipinski definition) is 2. The first-order chi connectivity index (χ1) is 10.2. The van der Waals surface area contributed by atoms with Crippen LogP contribution in [0.3, 0.4) is 0 Å². The Morgan fingerprint density at radius 3 is 2.14 bits per heavy atom. The van der Waals surface area contributed by atoms with Gasteiger partial charge in [0.15, 0.2) is 0 Å². The lowest BCUT2D eigenvalue weighted by Crippen LogP contribution is -2.16. The quantitative estimate of drug-likeness (QED) is 0.768. The molecule has 0 fully saturated rings. The molecule has 2 aromatic carbocycles. The van der Waals surface area contributed by atoms with E-state index in [4.69, 9.17) is 0 Å². The maximum atomic E-state index is 3.43. The Kier molecular flexibility index (Phi) is 5.82. The van der Waals surface area contributed by atoms with E-state index in [1.807, 2.05) is 0 Å². The molecule has 0 bridgehead atoms. The van der Waals surface area contributed by atoms with Gasteiger partial charge in [0, 0.05) is 25.8 Å². The fourth-order valence-corrected chi connectivity index (χ4v) is 2.34. The Balaban J connectivity index is 1.91. The van der Waals surface area contributed by atoms with Gasteiger partial charge in [0.2, 0.25) is 0 Å². The van der Waals surface area contributed by atoms with Crippen LogP contribution in [-0.2, 0) is 13.1 Å². The number of hydrogen-bond donors (Lipinski definition) is 1. The second-order valence-corrected chi connectivity index (χ2v) is 5.68. The van der Waals surface area contributed by atoms with Crippen molar-refractivity contribution in [1.29, 1.82) is 0 Å². The fraction of sp³-hybridized carbons (Fsp3) is 0.368. The first-order valence-electron chi connectivity index (χ1n) is 7.75. The Morgan fingerprint density at radius 2 is 1.52 bits per heavy atom. The fourth-order valence-electron chi connectivity index (χ4n) is 2.34. The lowest BCUT2D eigenvalue weighted by Gasteiger charge is -2.19. The van der Waals surface area contributed by atoms with Gasteiger partial charge < -0.3 is 10.2 Å². The van der Waals surface area contributed by atoms with Crippen LogP contribution in [0.25, 0.3) is 0 Å². The van der Waals surface area contributed by atoms with Crippen molar-refractivity contribution in [3.63, 3.8) is 0 Å². The van der Waals surface area contributed by atoms with Crippen molar-refractivity contribution in [2.75, 3.05) is 18.5 Å². The molecule has 0 aliphatic carbocycles. The van der Waals surface area contributed by atoms with Crippen LogP contribution in [0.2, 0.25) is 0 Å². The third-order valence-electron chi connectivity index (χ3n) is 3.67. The first kappa shape index (κ1) is 15.6. The zero-order chi connectivity index (χ0) is 15.1. The van der Waals surface area contributed by atoms with Gasteiger partial charge in [-0.25, -0.2) is 0 Å². The molecule has 112 valence electrons. The van der Waals surface area contributed by atoms with E-state index >= 15 is 0 Å². The normalized spacial score (nSPS) is 10.6.